The van der Waals surface area contributed by atoms with Crippen LogP contribution in [0.4, 0.5) is 0 Å². The van der Waals surface area contributed by atoms with Gasteiger partial charge in [-0.25, -0.2) is 0 Å². The number of aromatic nitrogens is 1. The molecule has 6 rings (SSSR count). The van der Waals surface area contributed by atoms with Gasteiger partial charge in [-0.05, 0) is 21.5 Å². The van der Waals surface area contributed by atoms with Crippen molar-refractivity contribution in [2.24, 2.45) is 7.05 Å². The van der Waals surface area contributed by atoms with Crippen molar-refractivity contribution in [3.05, 3.63) is 84.9 Å². The first-order valence-electron chi connectivity index (χ1n) is 9.04. The number of nitrogens with zero attached hydrogens (tertiary/aromatic N) is 1. The second-order valence-corrected chi connectivity index (χ2v) is 7.06. The first-order chi connectivity index (χ1) is 12.8. The maximum absolute atomic E-state index is 2.39. The Morgan fingerprint density at radius 2 is 1.04 bits per heavy atom. The minimum atomic E-state index is 1.29. The van der Waals surface area contributed by atoms with Gasteiger partial charge in [0.2, 0.25) is 0 Å². The molecule has 0 aliphatic rings. The third-order valence-electron chi connectivity index (χ3n) is 5.75. The summed E-state index contributed by atoms with van der Waals surface area (Å²) in [5, 5.41) is 10.6. The molecule has 0 spiro atoms. The predicted molar refractivity (Wildman–Crippen MR) is 113 cm³/mol. The Balaban J connectivity index is 2.06. The van der Waals surface area contributed by atoms with Crippen molar-refractivity contribution >= 4 is 54.1 Å². The highest BCUT2D eigenvalue weighted by Gasteiger charge is 2.17. The number of hydrogen-bond donors (Lipinski definition) is 0. The lowest BCUT2D eigenvalue weighted by atomic mass is 9.96. The summed E-state index contributed by atoms with van der Waals surface area (Å²) in [6.45, 7) is 0. The number of rotatable bonds is 0. The summed E-state index contributed by atoms with van der Waals surface area (Å²) in [5.74, 6) is 0. The summed E-state index contributed by atoms with van der Waals surface area (Å²) in [5.41, 5.74) is 2.64. The lowest BCUT2D eigenvalue weighted by Gasteiger charge is -2.08. The summed E-state index contributed by atoms with van der Waals surface area (Å²) < 4.78 is 2.39. The zero-order valence-electron chi connectivity index (χ0n) is 14.5. The molecular weight excluding hydrogens is 314 g/mol. The first-order valence-corrected chi connectivity index (χ1v) is 9.04. The molecule has 26 heavy (non-hydrogen) atoms. The summed E-state index contributed by atoms with van der Waals surface area (Å²) >= 11 is 0. The topological polar surface area (TPSA) is 4.93 Å². The van der Waals surface area contributed by atoms with Gasteiger partial charge in [-0.3, -0.25) is 0 Å². The molecule has 0 unspecified atom stereocenters. The third kappa shape index (κ3) is 1.60. The van der Waals surface area contributed by atoms with Gasteiger partial charge in [-0.1, -0.05) is 84.9 Å². The summed E-state index contributed by atoms with van der Waals surface area (Å²) in [6.07, 6.45) is 0. The Morgan fingerprint density at radius 3 is 1.81 bits per heavy atom. The van der Waals surface area contributed by atoms with Crippen LogP contribution in [0.5, 0.6) is 0 Å². The van der Waals surface area contributed by atoms with E-state index < -0.39 is 0 Å². The fourth-order valence-electron chi connectivity index (χ4n) is 4.67. The van der Waals surface area contributed by atoms with Crippen LogP contribution in [0.3, 0.4) is 0 Å². The van der Waals surface area contributed by atoms with Gasteiger partial charge in [0.25, 0.3) is 0 Å². The van der Waals surface area contributed by atoms with Crippen molar-refractivity contribution in [3.63, 3.8) is 0 Å². The SMILES string of the molecule is Cn1c2c3ccccc3ccc2c2c3ccccc3c3ccccc3c21. The minimum Gasteiger partial charge on any atom is -0.343 e. The van der Waals surface area contributed by atoms with E-state index in [1.54, 1.807) is 0 Å². The van der Waals surface area contributed by atoms with Crippen molar-refractivity contribution in [1.82, 2.24) is 4.57 Å². The van der Waals surface area contributed by atoms with Crippen molar-refractivity contribution in [2.45, 2.75) is 0 Å². The van der Waals surface area contributed by atoms with Crippen LogP contribution in [0, 0.1) is 0 Å². The van der Waals surface area contributed by atoms with Gasteiger partial charge in [0.05, 0.1) is 11.0 Å². The molecule has 1 heterocycles. The van der Waals surface area contributed by atoms with E-state index in [2.05, 4.69) is 96.5 Å². The van der Waals surface area contributed by atoms with Crippen LogP contribution < -0.4 is 0 Å². The van der Waals surface area contributed by atoms with Crippen LogP contribution in [0.1, 0.15) is 0 Å². The maximum atomic E-state index is 2.39. The molecule has 5 aromatic carbocycles. The predicted octanol–water partition coefficient (Wildman–Crippen LogP) is 6.79. The fourth-order valence-corrected chi connectivity index (χ4v) is 4.67. The highest BCUT2D eigenvalue weighted by Crippen LogP contribution is 2.41. The highest BCUT2D eigenvalue weighted by molar-refractivity contribution is 6.33. The van der Waals surface area contributed by atoms with Crippen LogP contribution in [-0.4, -0.2) is 4.57 Å². The molecule has 0 fully saturated rings. The smallest absolute Gasteiger partial charge is 0.0575 e. The van der Waals surface area contributed by atoms with Gasteiger partial charge in [0, 0.05) is 28.6 Å². The zero-order valence-corrected chi connectivity index (χ0v) is 14.5. The molecule has 0 bridgehead atoms. The molecule has 1 heteroatoms. The normalized spacial score (nSPS) is 12.0. The monoisotopic (exact) mass is 331 g/mol. The molecule has 1 aromatic heterocycles. The van der Waals surface area contributed by atoms with E-state index in [4.69, 9.17) is 0 Å². The average Bonchev–Trinajstić information content (AvgIpc) is 3.02. The maximum Gasteiger partial charge on any atom is 0.0575 e. The van der Waals surface area contributed by atoms with Crippen LogP contribution >= 0.6 is 0 Å². The molecule has 1 nitrogen and oxygen atoms in total. The minimum absolute atomic E-state index is 1.29. The number of aryl methyl sites for hydroxylation is 1. The Bertz CT molecular complexity index is 1480. The molecule has 0 aliphatic heterocycles. The molecule has 0 aliphatic carbocycles. The number of hydrogen-bond acceptors (Lipinski definition) is 0. The molecule has 6 aromatic rings. The van der Waals surface area contributed by atoms with Gasteiger partial charge in [0.15, 0.2) is 0 Å². The van der Waals surface area contributed by atoms with Crippen molar-refractivity contribution in [1.29, 1.82) is 0 Å². The van der Waals surface area contributed by atoms with Crippen LogP contribution in [0.15, 0.2) is 84.9 Å². The van der Waals surface area contributed by atoms with Gasteiger partial charge >= 0.3 is 0 Å². The van der Waals surface area contributed by atoms with Gasteiger partial charge in [-0.15, -0.1) is 0 Å². The van der Waals surface area contributed by atoms with E-state index in [0.29, 0.717) is 0 Å². The average molecular weight is 331 g/mol. The molecule has 122 valence electrons. The number of fused-ring (bicyclic) bond motifs is 10. The van der Waals surface area contributed by atoms with E-state index in [9.17, 15) is 0 Å². The second kappa shape index (κ2) is 4.86. The van der Waals surface area contributed by atoms with E-state index in [0.717, 1.165) is 0 Å². The number of benzene rings is 5. The van der Waals surface area contributed by atoms with E-state index in [1.807, 2.05) is 0 Å². The molecular formula is C25H17N. The van der Waals surface area contributed by atoms with E-state index in [1.165, 1.54) is 54.1 Å². The second-order valence-electron chi connectivity index (χ2n) is 7.06. The fraction of sp³-hybridized carbons (Fsp3) is 0.0400. The van der Waals surface area contributed by atoms with Crippen LogP contribution in [-0.2, 0) is 7.05 Å². The highest BCUT2D eigenvalue weighted by atomic mass is 14.9. The lowest BCUT2D eigenvalue weighted by molar-refractivity contribution is 1.02. The van der Waals surface area contributed by atoms with Crippen molar-refractivity contribution in [3.8, 4) is 0 Å². The Kier molecular flexibility index (Phi) is 2.60. The molecule has 0 radical (unpaired) electrons. The van der Waals surface area contributed by atoms with Crippen LogP contribution in [0.25, 0.3) is 54.1 Å². The zero-order chi connectivity index (χ0) is 17.3. The first kappa shape index (κ1) is 13.9. The van der Waals surface area contributed by atoms with E-state index >= 15 is 0 Å². The molecule has 0 saturated carbocycles. The summed E-state index contributed by atoms with van der Waals surface area (Å²) in [6, 6.07) is 30.8. The van der Waals surface area contributed by atoms with E-state index in [-0.39, 0.29) is 0 Å². The van der Waals surface area contributed by atoms with Crippen molar-refractivity contribution in [2.75, 3.05) is 0 Å². The van der Waals surface area contributed by atoms with Crippen LogP contribution in [0.2, 0.25) is 0 Å². The third-order valence-corrected chi connectivity index (χ3v) is 5.75. The van der Waals surface area contributed by atoms with Gasteiger partial charge in [-0.2, -0.15) is 0 Å². The largest absolute Gasteiger partial charge is 0.343 e. The molecule has 0 amide bonds. The molecule has 0 N–H and O–H groups in total. The van der Waals surface area contributed by atoms with Gasteiger partial charge in [0.1, 0.15) is 0 Å². The molecule has 0 saturated heterocycles. The standard InChI is InChI=1S/C25H17N/c1-26-24-17-9-3-2-8-16(17)14-15-22(24)23-20-12-6-4-10-18(20)19-11-5-7-13-21(19)25(23)26/h2-15H,1H3. The quantitative estimate of drug-likeness (QED) is 0.270. The van der Waals surface area contributed by atoms with Gasteiger partial charge < -0.3 is 4.57 Å². The molecule has 0 atom stereocenters. The van der Waals surface area contributed by atoms with Crippen molar-refractivity contribution < 1.29 is 0 Å². The summed E-state index contributed by atoms with van der Waals surface area (Å²) in [7, 11) is 2.21. The summed E-state index contributed by atoms with van der Waals surface area (Å²) in [4.78, 5) is 0. The Hall–Kier alpha value is -3.32. The lowest BCUT2D eigenvalue weighted by Crippen LogP contribution is -1.89. The Morgan fingerprint density at radius 1 is 0.462 bits per heavy atom. The Labute approximate surface area is 151 Å².